The van der Waals surface area contributed by atoms with Gasteiger partial charge in [-0.15, -0.1) is 11.8 Å². The molecule has 2 heterocycles. The van der Waals surface area contributed by atoms with E-state index < -0.39 is 0 Å². The number of hydrogen-bond donors (Lipinski definition) is 0. The van der Waals surface area contributed by atoms with Crippen LogP contribution in [0, 0.1) is 0 Å². The normalized spacial score (nSPS) is 16.6. The van der Waals surface area contributed by atoms with E-state index in [-0.39, 0.29) is 0 Å². The zero-order valence-corrected chi connectivity index (χ0v) is 10.6. The van der Waals surface area contributed by atoms with Crippen molar-refractivity contribution in [2.45, 2.75) is 6.42 Å². The highest BCUT2D eigenvalue weighted by molar-refractivity contribution is 7.99. The summed E-state index contributed by atoms with van der Waals surface area (Å²) in [5.74, 6) is 3.08. The van der Waals surface area contributed by atoms with Gasteiger partial charge < -0.3 is 4.74 Å². The number of pyridine rings is 1. The van der Waals surface area contributed by atoms with Crippen LogP contribution in [0.3, 0.4) is 0 Å². The minimum atomic E-state index is 0.640. The number of rotatable bonds is 5. The van der Waals surface area contributed by atoms with Crippen molar-refractivity contribution in [1.82, 2.24) is 9.88 Å². The molecule has 0 radical (unpaired) electrons. The Morgan fingerprint density at radius 3 is 3.12 bits per heavy atom. The number of nitrogens with zero attached hydrogens (tertiary/aromatic N) is 2. The Labute approximate surface area is 105 Å². The second-order valence-electron chi connectivity index (χ2n) is 3.67. The molecular weight excluding hydrogens is 244 g/mol. The average Bonchev–Trinajstić information content (AvgIpc) is 2.80. The molecule has 88 valence electrons. The summed E-state index contributed by atoms with van der Waals surface area (Å²) >= 11 is 7.73. The molecule has 0 aliphatic carbocycles. The van der Waals surface area contributed by atoms with Gasteiger partial charge in [-0.3, -0.25) is 4.90 Å². The first kappa shape index (κ1) is 12.0. The average molecular weight is 259 g/mol. The molecular formula is C11H15ClN2OS. The van der Waals surface area contributed by atoms with E-state index in [1.807, 2.05) is 11.8 Å². The Bertz CT molecular complexity index is 314. The van der Waals surface area contributed by atoms with Gasteiger partial charge >= 0.3 is 0 Å². The monoisotopic (exact) mass is 258 g/mol. The Morgan fingerprint density at radius 1 is 1.50 bits per heavy atom. The number of hydrogen-bond acceptors (Lipinski definition) is 4. The van der Waals surface area contributed by atoms with Crippen molar-refractivity contribution in [3.05, 3.63) is 23.4 Å². The quantitative estimate of drug-likeness (QED) is 0.758. The first-order valence-electron chi connectivity index (χ1n) is 5.39. The second-order valence-corrected chi connectivity index (χ2v) is 5.18. The van der Waals surface area contributed by atoms with E-state index in [0.29, 0.717) is 10.9 Å². The molecule has 0 amide bonds. The molecule has 1 fully saturated rings. The van der Waals surface area contributed by atoms with Gasteiger partial charge in [-0.1, -0.05) is 11.6 Å². The fourth-order valence-electron chi connectivity index (χ4n) is 1.54. The minimum Gasteiger partial charge on any atom is -0.478 e. The third-order valence-corrected chi connectivity index (χ3v) is 3.64. The molecule has 16 heavy (non-hydrogen) atoms. The smallest absolute Gasteiger partial charge is 0.213 e. The summed E-state index contributed by atoms with van der Waals surface area (Å²) in [6.45, 7) is 3.04. The molecule has 0 saturated carbocycles. The van der Waals surface area contributed by atoms with Gasteiger partial charge in [0.25, 0.3) is 0 Å². The molecule has 3 nitrogen and oxygen atoms in total. The van der Waals surface area contributed by atoms with Crippen molar-refractivity contribution in [2.24, 2.45) is 0 Å². The van der Waals surface area contributed by atoms with Crippen LogP contribution < -0.4 is 4.74 Å². The third kappa shape index (κ3) is 3.85. The van der Waals surface area contributed by atoms with Crippen LogP contribution in [0.25, 0.3) is 0 Å². The van der Waals surface area contributed by atoms with Gasteiger partial charge in [-0.05, 0) is 12.5 Å². The predicted molar refractivity (Wildman–Crippen MR) is 68.3 cm³/mol. The molecule has 0 aromatic carbocycles. The number of halogens is 1. The highest BCUT2D eigenvalue weighted by Crippen LogP contribution is 2.14. The Hall–Kier alpha value is -0.450. The fraction of sp³-hybridized carbons (Fsp3) is 0.545. The molecule has 1 aliphatic heterocycles. The Kier molecular flexibility index (Phi) is 4.75. The lowest BCUT2D eigenvalue weighted by Gasteiger charge is -2.13. The lowest BCUT2D eigenvalue weighted by Crippen LogP contribution is -2.22. The first-order valence-corrected chi connectivity index (χ1v) is 6.92. The highest BCUT2D eigenvalue weighted by atomic mass is 35.5. The van der Waals surface area contributed by atoms with Gasteiger partial charge in [0.05, 0.1) is 11.6 Å². The summed E-state index contributed by atoms with van der Waals surface area (Å²) in [4.78, 5) is 6.52. The summed E-state index contributed by atoms with van der Waals surface area (Å²) in [5, 5.41) is 0.640. The SMILES string of the molecule is Clc1ccc(OCCCN2CCSC2)nc1. The maximum atomic E-state index is 5.73. The topological polar surface area (TPSA) is 25.4 Å². The molecule has 1 aromatic heterocycles. The van der Waals surface area contributed by atoms with Gasteiger partial charge in [0.2, 0.25) is 5.88 Å². The van der Waals surface area contributed by atoms with Crippen LogP contribution in [0.2, 0.25) is 5.02 Å². The maximum absolute atomic E-state index is 5.73. The standard InChI is InChI=1S/C11H15ClN2OS/c12-10-2-3-11(13-8-10)15-6-1-4-14-5-7-16-9-14/h2-3,8H,1,4-7,9H2. The zero-order valence-electron chi connectivity index (χ0n) is 9.06. The summed E-state index contributed by atoms with van der Waals surface area (Å²) in [6, 6.07) is 3.59. The summed E-state index contributed by atoms with van der Waals surface area (Å²) in [6.07, 6.45) is 2.65. The van der Waals surface area contributed by atoms with Crippen molar-refractivity contribution in [3.63, 3.8) is 0 Å². The molecule has 0 unspecified atom stereocenters. The number of ether oxygens (including phenoxy) is 1. The molecule has 1 aliphatic rings. The van der Waals surface area contributed by atoms with Crippen LogP contribution >= 0.6 is 23.4 Å². The Balaban J connectivity index is 1.62. The maximum Gasteiger partial charge on any atom is 0.213 e. The van der Waals surface area contributed by atoms with Crippen LogP contribution in [0.4, 0.5) is 0 Å². The van der Waals surface area contributed by atoms with Crippen molar-refractivity contribution in [2.75, 3.05) is 31.3 Å². The van der Waals surface area contributed by atoms with E-state index in [1.165, 1.54) is 18.2 Å². The predicted octanol–water partition coefficient (Wildman–Crippen LogP) is 2.51. The van der Waals surface area contributed by atoms with Gasteiger partial charge in [0, 0.05) is 37.0 Å². The van der Waals surface area contributed by atoms with E-state index in [4.69, 9.17) is 16.3 Å². The number of aromatic nitrogens is 1. The van der Waals surface area contributed by atoms with Gasteiger partial charge in [-0.2, -0.15) is 0 Å². The fourth-order valence-corrected chi connectivity index (χ4v) is 2.69. The van der Waals surface area contributed by atoms with Gasteiger partial charge in [0.1, 0.15) is 0 Å². The van der Waals surface area contributed by atoms with Crippen molar-refractivity contribution < 1.29 is 4.74 Å². The van der Waals surface area contributed by atoms with Crippen molar-refractivity contribution >= 4 is 23.4 Å². The number of thioether (sulfide) groups is 1. The molecule has 2 rings (SSSR count). The third-order valence-electron chi connectivity index (χ3n) is 2.39. The van der Waals surface area contributed by atoms with Crippen LogP contribution in [-0.2, 0) is 0 Å². The van der Waals surface area contributed by atoms with Crippen molar-refractivity contribution in [1.29, 1.82) is 0 Å². The van der Waals surface area contributed by atoms with Crippen LogP contribution in [0.5, 0.6) is 5.88 Å². The van der Waals surface area contributed by atoms with E-state index in [2.05, 4.69) is 9.88 Å². The lowest BCUT2D eigenvalue weighted by molar-refractivity contribution is 0.262. The van der Waals surface area contributed by atoms with Gasteiger partial charge in [-0.25, -0.2) is 4.98 Å². The van der Waals surface area contributed by atoms with Crippen LogP contribution in [-0.4, -0.2) is 41.2 Å². The molecule has 0 atom stereocenters. The van der Waals surface area contributed by atoms with Crippen LogP contribution in [0.1, 0.15) is 6.42 Å². The van der Waals surface area contributed by atoms with E-state index in [1.54, 1.807) is 18.3 Å². The lowest BCUT2D eigenvalue weighted by atomic mass is 10.4. The van der Waals surface area contributed by atoms with Crippen molar-refractivity contribution in [3.8, 4) is 5.88 Å². The summed E-state index contributed by atoms with van der Waals surface area (Å²) in [7, 11) is 0. The summed E-state index contributed by atoms with van der Waals surface area (Å²) in [5.41, 5.74) is 0. The highest BCUT2D eigenvalue weighted by Gasteiger charge is 2.10. The second kappa shape index (κ2) is 6.33. The molecule has 1 saturated heterocycles. The molecule has 0 N–H and O–H groups in total. The molecule has 5 heteroatoms. The molecule has 1 aromatic rings. The summed E-state index contributed by atoms with van der Waals surface area (Å²) < 4.78 is 5.52. The van der Waals surface area contributed by atoms with E-state index >= 15 is 0 Å². The van der Waals surface area contributed by atoms with Crippen LogP contribution in [0.15, 0.2) is 18.3 Å². The van der Waals surface area contributed by atoms with Gasteiger partial charge in [0.15, 0.2) is 0 Å². The minimum absolute atomic E-state index is 0.640. The zero-order chi connectivity index (χ0) is 11.2. The van der Waals surface area contributed by atoms with E-state index in [9.17, 15) is 0 Å². The largest absolute Gasteiger partial charge is 0.478 e. The Morgan fingerprint density at radius 2 is 2.44 bits per heavy atom. The van der Waals surface area contributed by atoms with E-state index in [0.717, 1.165) is 19.6 Å². The molecule has 0 spiro atoms. The first-order chi connectivity index (χ1) is 7.84. The molecule has 0 bridgehead atoms.